The van der Waals surface area contributed by atoms with E-state index >= 15 is 0 Å². The highest BCUT2D eigenvalue weighted by Crippen LogP contribution is 2.13. The molecule has 1 N–H and O–H groups in total. The van der Waals surface area contributed by atoms with Crippen molar-refractivity contribution in [1.82, 2.24) is 4.90 Å². The average molecular weight is 211 g/mol. The second-order valence-corrected chi connectivity index (χ2v) is 4.96. The number of likely N-dealkylation sites (tertiary alicyclic amines) is 1. The molecule has 0 aliphatic carbocycles. The monoisotopic (exact) mass is 211 g/mol. The maximum Gasteiger partial charge on any atom is 0.0679 e. The first-order valence-electron chi connectivity index (χ1n) is 5.27. The number of rotatable bonds is 4. The van der Waals surface area contributed by atoms with Crippen LogP contribution in [-0.2, 0) is 6.42 Å². The summed E-state index contributed by atoms with van der Waals surface area (Å²) in [6.07, 6.45) is 3.29. The Balaban J connectivity index is 1.64. The fourth-order valence-corrected chi connectivity index (χ4v) is 2.70. The molecule has 78 valence electrons. The van der Waals surface area contributed by atoms with E-state index in [1.54, 1.807) is 0 Å². The lowest BCUT2D eigenvalue weighted by molar-refractivity contribution is 0.176. The van der Waals surface area contributed by atoms with Crippen LogP contribution in [0.25, 0.3) is 0 Å². The molecule has 0 amide bonds. The first-order chi connectivity index (χ1) is 6.84. The van der Waals surface area contributed by atoms with E-state index in [-0.39, 0.29) is 6.10 Å². The molecule has 1 aromatic rings. The van der Waals surface area contributed by atoms with Crippen LogP contribution in [0.3, 0.4) is 0 Å². The highest BCUT2D eigenvalue weighted by Gasteiger charge is 2.18. The van der Waals surface area contributed by atoms with Crippen LogP contribution in [0.15, 0.2) is 17.5 Å². The number of nitrogens with zero attached hydrogens (tertiary/aromatic N) is 1. The molecule has 1 fully saturated rings. The first-order valence-corrected chi connectivity index (χ1v) is 6.15. The summed E-state index contributed by atoms with van der Waals surface area (Å²) in [5.41, 5.74) is 0. The van der Waals surface area contributed by atoms with Gasteiger partial charge < -0.3 is 10.0 Å². The third-order valence-electron chi connectivity index (χ3n) is 2.73. The fraction of sp³-hybridized carbons (Fsp3) is 0.636. The largest absolute Gasteiger partial charge is 0.392 e. The summed E-state index contributed by atoms with van der Waals surface area (Å²) in [6, 6.07) is 4.31. The second-order valence-electron chi connectivity index (χ2n) is 3.93. The summed E-state index contributed by atoms with van der Waals surface area (Å²) < 4.78 is 0. The van der Waals surface area contributed by atoms with Crippen LogP contribution in [0, 0.1) is 0 Å². The van der Waals surface area contributed by atoms with Crippen molar-refractivity contribution in [2.45, 2.75) is 25.4 Å². The average Bonchev–Trinajstić information content (AvgIpc) is 2.77. The molecule has 1 aromatic heterocycles. The van der Waals surface area contributed by atoms with Crippen LogP contribution >= 0.6 is 11.3 Å². The zero-order chi connectivity index (χ0) is 9.80. The van der Waals surface area contributed by atoms with E-state index in [2.05, 4.69) is 22.4 Å². The summed E-state index contributed by atoms with van der Waals surface area (Å²) in [4.78, 5) is 3.84. The Morgan fingerprint density at radius 2 is 2.50 bits per heavy atom. The van der Waals surface area contributed by atoms with Crippen molar-refractivity contribution in [2.75, 3.05) is 19.6 Å². The van der Waals surface area contributed by atoms with Crippen LogP contribution in [0.5, 0.6) is 0 Å². The lowest BCUT2D eigenvalue weighted by Gasteiger charge is -2.13. The number of β-amino-alcohol motifs (C(OH)–C–C–N with tert-alkyl or cyclic N) is 1. The minimum Gasteiger partial charge on any atom is -0.392 e. The predicted molar refractivity (Wildman–Crippen MR) is 59.7 cm³/mol. The Kier molecular flexibility index (Phi) is 3.56. The van der Waals surface area contributed by atoms with Crippen molar-refractivity contribution < 1.29 is 5.11 Å². The van der Waals surface area contributed by atoms with Gasteiger partial charge in [-0.25, -0.2) is 0 Å². The zero-order valence-corrected chi connectivity index (χ0v) is 9.17. The molecule has 2 rings (SSSR count). The molecule has 2 heterocycles. The molecule has 0 unspecified atom stereocenters. The minimum atomic E-state index is -0.0725. The molecule has 0 spiro atoms. The lowest BCUT2D eigenvalue weighted by atomic mass is 10.2. The summed E-state index contributed by atoms with van der Waals surface area (Å²) in [5, 5.41) is 11.5. The molecule has 2 nitrogen and oxygen atoms in total. The van der Waals surface area contributed by atoms with Gasteiger partial charge in [0, 0.05) is 18.0 Å². The van der Waals surface area contributed by atoms with E-state index in [0.29, 0.717) is 0 Å². The Morgan fingerprint density at radius 3 is 3.14 bits per heavy atom. The van der Waals surface area contributed by atoms with Gasteiger partial charge in [0.25, 0.3) is 0 Å². The fourth-order valence-electron chi connectivity index (χ4n) is 1.95. The Bertz CT molecular complexity index is 260. The van der Waals surface area contributed by atoms with E-state index in [9.17, 15) is 5.11 Å². The molecule has 1 aliphatic heterocycles. The Labute approximate surface area is 89.2 Å². The summed E-state index contributed by atoms with van der Waals surface area (Å²) in [6.45, 7) is 3.09. The molecule has 14 heavy (non-hydrogen) atoms. The topological polar surface area (TPSA) is 23.5 Å². The van der Waals surface area contributed by atoms with Gasteiger partial charge in [-0.15, -0.1) is 11.3 Å². The van der Waals surface area contributed by atoms with E-state index in [1.165, 1.54) is 17.7 Å². The number of thiophene rings is 1. The van der Waals surface area contributed by atoms with Crippen LogP contribution in [-0.4, -0.2) is 35.7 Å². The molecule has 3 heteroatoms. The number of hydrogen-bond acceptors (Lipinski definition) is 3. The maximum absolute atomic E-state index is 9.34. The quantitative estimate of drug-likeness (QED) is 0.820. The molecule has 0 aromatic carbocycles. The first kappa shape index (κ1) is 10.1. The summed E-state index contributed by atoms with van der Waals surface area (Å²) >= 11 is 1.84. The van der Waals surface area contributed by atoms with E-state index < -0.39 is 0 Å². The number of aryl methyl sites for hydroxylation is 1. The molecule has 1 saturated heterocycles. The van der Waals surface area contributed by atoms with Gasteiger partial charge in [0.2, 0.25) is 0 Å². The van der Waals surface area contributed by atoms with E-state index in [0.717, 1.165) is 26.1 Å². The van der Waals surface area contributed by atoms with Gasteiger partial charge in [0.05, 0.1) is 6.10 Å². The van der Waals surface area contributed by atoms with Crippen LogP contribution in [0.2, 0.25) is 0 Å². The van der Waals surface area contributed by atoms with Gasteiger partial charge in [-0.05, 0) is 37.3 Å². The molecular weight excluding hydrogens is 194 g/mol. The van der Waals surface area contributed by atoms with Crippen LogP contribution in [0.4, 0.5) is 0 Å². The van der Waals surface area contributed by atoms with Gasteiger partial charge >= 0.3 is 0 Å². The third kappa shape index (κ3) is 2.80. The van der Waals surface area contributed by atoms with Crippen molar-refractivity contribution in [2.24, 2.45) is 0 Å². The van der Waals surface area contributed by atoms with Crippen LogP contribution < -0.4 is 0 Å². The third-order valence-corrected chi connectivity index (χ3v) is 3.66. The maximum atomic E-state index is 9.34. The van der Waals surface area contributed by atoms with Gasteiger partial charge in [-0.2, -0.15) is 0 Å². The minimum absolute atomic E-state index is 0.0725. The molecule has 1 aliphatic rings. The zero-order valence-electron chi connectivity index (χ0n) is 8.35. The Morgan fingerprint density at radius 1 is 1.57 bits per heavy atom. The second kappa shape index (κ2) is 4.91. The predicted octanol–water partition coefficient (Wildman–Crippen LogP) is 1.75. The molecule has 0 saturated carbocycles. The summed E-state index contributed by atoms with van der Waals surface area (Å²) in [7, 11) is 0. The van der Waals surface area contributed by atoms with Gasteiger partial charge in [-0.1, -0.05) is 6.07 Å². The SMILES string of the molecule is O[C@@H]1CCN(CCCc2cccs2)C1. The van der Waals surface area contributed by atoms with Gasteiger partial charge in [-0.3, -0.25) is 0 Å². The highest BCUT2D eigenvalue weighted by atomic mass is 32.1. The van der Waals surface area contributed by atoms with Crippen molar-refractivity contribution in [3.05, 3.63) is 22.4 Å². The highest BCUT2D eigenvalue weighted by molar-refractivity contribution is 7.09. The smallest absolute Gasteiger partial charge is 0.0679 e. The van der Waals surface area contributed by atoms with Crippen molar-refractivity contribution >= 4 is 11.3 Å². The van der Waals surface area contributed by atoms with Crippen LogP contribution in [0.1, 0.15) is 17.7 Å². The standard InChI is InChI=1S/C11H17NOS/c13-10-5-7-12(9-10)6-1-3-11-4-2-8-14-11/h2,4,8,10,13H,1,3,5-7,9H2/t10-/m1/s1. The van der Waals surface area contributed by atoms with Crippen molar-refractivity contribution in [1.29, 1.82) is 0 Å². The normalized spacial score (nSPS) is 23.1. The molecular formula is C11H17NOS. The molecule has 0 bridgehead atoms. The lowest BCUT2D eigenvalue weighted by Crippen LogP contribution is -2.23. The number of aliphatic hydroxyl groups is 1. The van der Waals surface area contributed by atoms with E-state index in [1.807, 2.05) is 11.3 Å². The van der Waals surface area contributed by atoms with Crippen molar-refractivity contribution in [3.63, 3.8) is 0 Å². The van der Waals surface area contributed by atoms with Crippen molar-refractivity contribution in [3.8, 4) is 0 Å². The summed E-state index contributed by atoms with van der Waals surface area (Å²) in [5.74, 6) is 0. The molecule has 1 atom stereocenters. The number of aliphatic hydroxyl groups excluding tert-OH is 1. The van der Waals surface area contributed by atoms with Gasteiger partial charge in [0.1, 0.15) is 0 Å². The van der Waals surface area contributed by atoms with Gasteiger partial charge in [0.15, 0.2) is 0 Å². The van der Waals surface area contributed by atoms with E-state index in [4.69, 9.17) is 0 Å². The number of hydrogen-bond donors (Lipinski definition) is 1. The Hall–Kier alpha value is -0.380. The molecule has 0 radical (unpaired) electrons.